The molecule has 1 saturated heterocycles. The van der Waals surface area contributed by atoms with Crippen LogP contribution in [0, 0.1) is 0 Å². The van der Waals surface area contributed by atoms with Gasteiger partial charge >= 0.3 is 6.18 Å². The molecule has 0 bridgehead atoms. The number of nitrogens with one attached hydrogen (secondary N) is 2. The summed E-state index contributed by atoms with van der Waals surface area (Å²) in [5, 5.41) is 6.75. The lowest BCUT2D eigenvalue weighted by molar-refractivity contribution is -0.145. The number of H-pyrrole nitrogens is 2. The molecule has 7 nitrogen and oxygen atoms in total. The summed E-state index contributed by atoms with van der Waals surface area (Å²) in [6, 6.07) is 0. The molecule has 0 radical (unpaired) electrons. The molecule has 0 atom stereocenters. The predicted molar refractivity (Wildman–Crippen MR) is 73.8 cm³/mol. The molecule has 22 heavy (non-hydrogen) atoms. The van der Waals surface area contributed by atoms with Crippen molar-refractivity contribution in [1.82, 2.24) is 25.1 Å². The molecule has 2 N–H and O–H groups in total. The van der Waals surface area contributed by atoms with Gasteiger partial charge in [-0.25, -0.2) is 0 Å². The lowest BCUT2D eigenvalue weighted by Gasteiger charge is -2.22. The van der Waals surface area contributed by atoms with Gasteiger partial charge < -0.3 is 4.90 Å². The second kappa shape index (κ2) is 5.59. The molecule has 2 aromatic heterocycles. The van der Waals surface area contributed by atoms with Gasteiger partial charge in [0, 0.05) is 26.2 Å². The van der Waals surface area contributed by atoms with Gasteiger partial charge in [0.1, 0.15) is 5.39 Å². The first kappa shape index (κ1) is 14.8. The lowest BCUT2D eigenvalue weighted by Crippen LogP contribution is -2.37. The average Bonchev–Trinajstić information content (AvgIpc) is 2.78. The number of hydrogen-bond acceptors (Lipinski definition) is 5. The highest BCUT2D eigenvalue weighted by atomic mass is 19.4. The van der Waals surface area contributed by atoms with Gasteiger partial charge in [0.2, 0.25) is 5.95 Å². The summed E-state index contributed by atoms with van der Waals surface area (Å²) < 4.78 is 37.4. The zero-order valence-electron chi connectivity index (χ0n) is 11.7. The van der Waals surface area contributed by atoms with Crippen LogP contribution in [0.3, 0.4) is 0 Å². The van der Waals surface area contributed by atoms with Crippen LogP contribution in [0.2, 0.25) is 0 Å². The Bertz CT molecular complexity index is 709. The third kappa shape index (κ3) is 3.21. The molecule has 2 aromatic rings. The first-order valence-corrected chi connectivity index (χ1v) is 6.90. The van der Waals surface area contributed by atoms with Gasteiger partial charge in [0.15, 0.2) is 5.65 Å². The Balaban J connectivity index is 1.76. The molecule has 3 heterocycles. The fourth-order valence-electron chi connectivity index (χ4n) is 2.58. The van der Waals surface area contributed by atoms with Crippen molar-refractivity contribution in [3.8, 4) is 0 Å². The van der Waals surface area contributed by atoms with Crippen molar-refractivity contribution in [2.75, 3.05) is 37.6 Å². The van der Waals surface area contributed by atoms with Gasteiger partial charge in [-0.15, -0.1) is 0 Å². The van der Waals surface area contributed by atoms with Gasteiger partial charge in [-0.1, -0.05) is 0 Å². The zero-order chi connectivity index (χ0) is 15.7. The van der Waals surface area contributed by atoms with E-state index in [4.69, 9.17) is 0 Å². The summed E-state index contributed by atoms with van der Waals surface area (Å²) >= 11 is 0. The summed E-state index contributed by atoms with van der Waals surface area (Å²) in [5.41, 5.74) is 0.0558. The SMILES string of the molecule is O=c1[nH]c(N2CCCN(CC(F)(F)F)CC2)nc2[nH]ncc12. The van der Waals surface area contributed by atoms with Crippen LogP contribution in [-0.4, -0.2) is 64.0 Å². The molecule has 0 spiro atoms. The van der Waals surface area contributed by atoms with E-state index in [2.05, 4.69) is 20.2 Å². The number of fused-ring (bicyclic) bond motifs is 1. The maximum Gasteiger partial charge on any atom is 0.401 e. The molecular weight excluding hydrogens is 301 g/mol. The van der Waals surface area contributed by atoms with Crippen LogP contribution in [0.5, 0.6) is 0 Å². The zero-order valence-corrected chi connectivity index (χ0v) is 11.7. The fourth-order valence-corrected chi connectivity index (χ4v) is 2.58. The Morgan fingerprint density at radius 1 is 1.23 bits per heavy atom. The molecule has 10 heteroatoms. The van der Waals surface area contributed by atoms with Crippen LogP contribution in [0.1, 0.15) is 6.42 Å². The number of rotatable bonds is 2. The fraction of sp³-hybridized carbons (Fsp3) is 0.583. The normalized spacial score (nSPS) is 17.9. The van der Waals surface area contributed by atoms with Crippen LogP contribution in [0.4, 0.5) is 19.1 Å². The molecule has 0 aliphatic carbocycles. The van der Waals surface area contributed by atoms with Gasteiger partial charge in [-0.3, -0.25) is 19.8 Å². The Kier molecular flexibility index (Phi) is 3.77. The van der Waals surface area contributed by atoms with E-state index in [1.54, 1.807) is 4.90 Å². The summed E-state index contributed by atoms with van der Waals surface area (Å²) in [6.45, 7) is 0.636. The van der Waals surface area contributed by atoms with E-state index >= 15 is 0 Å². The largest absolute Gasteiger partial charge is 0.401 e. The maximum absolute atomic E-state index is 12.5. The van der Waals surface area contributed by atoms with Gasteiger partial charge in [-0.2, -0.15) is 23.3 Å². The summed E-state index contributed by atoms with van der Waals surface area (Å²) in [4.78, 5) is 22.0. The van der Waals surface area contributed by atoms with E-state index in [-0.39, 0.29) is 12.1 Å². The van der Waals surface area contributed by atoms with Crippen LogP contribution >= 0.6 is 0 Å². The Morgan fingerprint density at radius 2 is 2.05 bits per heavy atom. The van der Waals surface area contributed by atoms with Gasteiger partial charge in [0.05, 0.1) is 12.7 Å². The van der Waals surface area contributed by atoms with Gasteiger partial charge in [0.25, 0.3) is 5.56 Å². The van der Waals surface area contributed by atoms with E-state index in [0.717, 1.165) is 0 Å². The molecule has 3 rings (SSSR count). The number of hydrogen-bond donors (Lipinski definition) is 2. The Hall–Kier alpha value is -2.10. The van der Waals surface area contributed by atoms with Crippen molar-refractivity contribution in [2.24, 2.45) is 0 Å². The van der Waals surface area contributed by atoms with Crippen LogP contribution in [0.25, 0.3) is 11.0 Å². The standard InChI is InChI=1S/C12H15F3N6O/c13-12(14,15)7-20-2-1-3-21(5-4-20)11-17-9-8(6-16-19-9)10(22)18-11/h6H,1-5,7H2,(H2,16,17,18,19,22). The Morgan fingerprint density at radius 3 is 2.82 bits per heavy atom. The van der Waals surface area contributed by atoms with Crippen LogP contribution in [-0.2, 0) is 0 Å². The summed E-state index contributed by atoms with van der Waals surface area (Å²) in [5.74, 6) is 0.357. The van der Waals surface area contributed by atoms with Crippen molar-refractivity contribution in [3.05, 3.63) is 16.6 Å². The third-order valence-corrected chi connectivity index (χ3v) is 3.60. The monoisotopic (exact) mass is 316 g/mol. The second-order valence-electron chi connectivity index (χ2n) is 5.25. The third-order valence-electron chi connectivity index (χ3n) is 3.60. The molecule has 1 fully saturated rings. The number of nitrogens with zero attached hydrogens (tertiary/aromatic N) is 4. The first-order valence-electron chi connectivity index (χ1n) is 6.90. The van der Waals surface area contributed by atoms with E-state index in [0.29, 0.717) is 43.0 Å². The van der Waals surface area contributed by atoms with Crippen LogP contribution < -0.4 is 10.5 Å². The lowest BCUT2D eigenvalue weighted by atomic mass is 10.4. The minimum Gasteiger partial charge on any atom is -0.341 e. The summed E-state index contributed by atoms with van der Waals surface area (Å²) in [6.07, 6.45) is -2.24. The molecule has 0 unspecified atom stereocenters. The number of aromatic amines is 2. The van der Waals surface area contributed by atoms with E-state index in [1.165, 1.54) is 11.1 Å². The first-order chi connectivity index (χ1) is 10.4. The van der Waals surface area contributed by atoms with E-state index < -0.39 is 12.7 Å². The molecule has 0 saturated carbocycles. The number of alkyl halides is 3. The molecule has 1 aliphatic rings. The quantitative estimate of drug-likeness (QED) is 0.853. The predicted octanol–water partition coefficient (Wildman–Crippen LogP) is 0.721. The number of anilines is 1. The number of halogens is 3. The van der Waals surface area contributed by atoms with Crippen molar-refractivity contribution >= 4 is 17.0 Å². The van der Waals surface area contributed by atoms with E-state index in [9.17, 15) is 18.0 Å². The minimum absolute atomic E-state index is 0.268. The Labute approximate surface area is 123 Å². The second-order valence-corrected chi connectivity index (χ2v) is 5.25. The van der Waals surface area contributed by atoms with Crippen molar-refractivity contribution < 1.29 is 13.2 Å². The molecule has 0 amide bonds. The highest BCUT2D eigenvalue weighted by Crippen LogP contribution is 2.18. The van der Waals surface area contributed by atoms with Crippen molar-refractivity contribution in [2.45, 2.75) is 12.6 Å². The molecule has 0 aromatic carbocycles. The molecular formula is C12H15F3N6O. The van der Waals surface area contributed by atoms with Crippen LogP contribution in [0.15, 0.2) is 11.0 Å². The maximum atomic E-state index is 12.5. The molecule has 1 aliphatic heterocycles. The van der Waals surface area contributed by atoms with Crippen molar-refractivity contribution in [1.29, 1.82) is 0 Å². The topological polar surface area (TPSA) is 80.9 Å². The highest BCUT2D eigenvalue weighted by Gasteiger charge is 2.31. The number of aromatic nitrogens is 4. The van der Waals surface area contributed by atoms with Crippen molar-refractivity contribution in [3.63, 3.8) is 0 Å². The summed E-state index contributed by atoms with van der Waals surface area (Å²) in [7, 11) is 0. The smallest absolute Gasteiger partial charge is 0.341 e. The van der Waals surface area contributed by atoms with E-state index in [1.807, 2.05) is 0 Å². The molecule has 120 valence electrons. The van der Waals surface area contributed by atoms with Gasteiger partial charge in [-0.05, 0) is 6.42 Å². The minimum atomic E-state index is -4.20. The average molecular weight is 316 g/mol. The highest BCUT2D eigenvalue weighted by molar-refractivity contribution is 5.73.